The van der Waals surface area contributed by atoms with Crippen LogP contribution in [0, 0.1) is 6.92 Å². The van der Waals surface area contributed by atoms with Crippen molar-refractivity contribution >= 4 is 35.5 Å². The van der Waals surface area contributed by atoms with Crippen molar-refractivity contribution in [3.05, 3.63) is 64.7 Å². The molecule has 2 aromatic rings. The van der Waals surface area contributed by atoms with Crippen LogP contribution in [-0.4, -0.2) is 17.4 Å². The van der Waals surface area contributed by atoms with Gasteiger partial charge >= 0.3 is 0 Å². The summed E-state index contributed by atoms with van der Waals surface area (Å²) in [5.41, 5.74) is 4.68. The van der Waals surface area contributed by atoms with E-state index >= 15 is 0 Å². The molecule has 0 fully saturated rings. The van der Waals surface area contributed by atoms with Crippen molar-refractivity contribution in [2.75, 3.05) is 0 Å². The van der Waals surface area contributed by atoms with Gasteiger partial charge in [0.1, 0.15) is 0 Å². The molecule has 2 aromatic carbocycles. The molecule has 0 aromatic heterocycles. The molecule has 5 heteroatoms. The standard InChI is InChI=1S/C17H17ClN2OS/c1-12-4-3-5-14(10-12)11-19-20-17(21)13(2)22-16-8-6-15(18)7-9-16/h3-11,13H,1-2H3,(H,20,21)/b19-11-/t13-/m1/s1. The van der Waals surface area contributed by atoms with Gasteiger partial charge in [-0.15, -0.1) is 11.8 Å². The van der Waals surface area contributed by atoms with Crippen LogP contribution in [0.4, 0.5) is 0 Å². The molecule has 0 bridgehead atoms. The lowest BCUT2D eigenvalue weighted by atomic mass is 10.2. The highest BCUT2D eigenvalue weighted by Gasteiger charge is 2.13. The summed E-state index contributed by atoms with van der Waals surface area (Å²) in [6.45, 7) is 3.86. The van der Waals surface area contributed by atoms with Gasteiger partial charge in [0, 0.05) is 9.92 Å². The number of carbonyl (C=O) groups is 1. The summed E-state index contributed by atoms with van der Waals surface area (Å²) in [5.74, 6) is -0.135. The summed E-state index contributed by atoms with van der Waals surface area (Å²) in [6, 6.07) is 15.3. The van der Waals surface area contributed by atoms with E-state index in [0.717, 1.165) is 16.0 Å². The van der Waals surface area contributed by atoms with Crippen molar-refractivity contribution in [2.24, 2.45) is 5.10 Å². The number of hydrogen-bond donors (Lipinski definition) is 1. The van der Waals surface area contributed by atoms with E-state index < -0.39 is 0 Å². The lowest BCUT2D eigenvalue weighted by Crippen LogP contribution is -2.26. The number of rotatable bonds is 5. The highest BCUT2D eigenvalue weighted by Crippen LogP contribution is 2.24. The third-order valence-corrected chi connectivity index (χ3v) is 4.29. The van der Waals surface area contributed by atoms with Crippen LogP contribution in [0.15, 0.2) is 58.5 Å². The molecule has 1 atom stereocenters. The summed E-state index contributed by atoms with van der Waals surface area (Å²) in [4.78, 5) is 13.0. The molecule has 0 heterocycles. The van der Waals surface area contributed by atoms with Crippen molar-refractivity contribution in [3.63, 3.8) is 0 Å². The minimum Gasteiger partial charge on any atom is -0.272 e. The lowest BCUT2D eigenvalue weighted by molar-refractivity contribution is -0.120. The zero-order valence-corrected chi connectivity index (χ0v) is 14.0. The van der Waals surface area contributed by atoms with Crippen LogP contribution < -0.4 is 5.43 Å². The van der Waals surface area contributed by atoms with Crippen LogP contribution in [0.2, 0.25) is 5.02 Å². The number of hydrogen-bond acceptors (Lipinski definition) is 3. The fraction of sp³-hybridized carbons (Fsp3) is 0.176. The molecule has 0 aliphatic carbocycles. The molecule has 114 valence electrons. The summed E-state index contributed by atoms with van der Waals surface area (Å²) in [6.07, 6.45) is 1.64. The summed E-state index contributed by atoms with van der Waals surface area (Å²) in [5, 5.41) is 4.44. The Morgan fingerprint density at radius 2 is 2.00 bits per heavy atom. The van der Waals surface area contributed by atoms with Gasteiger partial charge in [0.2, 0.25) is 0 Å². The predicted molar refractivity (Wildman–Crippen MR) is 93.7 cm³/mol. The second kappa shape index (κ2) is 8.01. The number of thioether (sulfide) groups is 1. The van der Waals surface area contributed by atoms with Gasteiger partial charge in [-0.1, -0.05) is 41.4 Å². The molecule has 22 heavy (non-hydrogen) atoms. The van der Waals surface area contributed by atoms with Gasteiger partial charge in [0.05, 0.1) is 11.5 Å². The van der Waals surface area contributed by atoms with E-state index in [4.69, 9.17) is 11.6 Å². The predicted octanol–water partition coefficient (Wildman–Crippen LogP) is 4.28. The number of amides is 1. The average Bonchev–Trinajstić information content (AvgIpc) is 2.49. The summed E-state index contributed by atoms with van der Waals surface area (Å²) >= 11 is 7.31. The first-order valence-corrected chi connectivity index (χ1v) is 8.12. The van der Waals surface area contributed by atoms with E-state index in [1.165, 1.54) is 11.8 Å². The molecule has 0 aliphatic rings. The Kier molecular flexibility index (Phi) is 6.04. The Morgan fingerprint density at radius 3 is 2.68 bits per heavy atom. The van der Waals surface area contributed by atoms with Crippen LogP contribution in [-0.2, 0) is 4.79 Å². The highest BCUT2D eigenvalue weighted by atomic mass is 35.5. The summed E-state index contributed by atoms with van der Waals surface area (Å²) < 4.78 is 0. The molecule has 0 spiro atoms. The topological polar surface area (TPSA) is 41.5 Å². The first kappa shape index (κ1) is 16.6. The zero-order valence-electron chi connectivity index (χ0n) is 12.4. The lowest BCUT2D eigenvalue weighted by Gasteiger charge is -2.09. The maximum absolute atomic E-state index is 12.0. The normalized spacial score (nSPS) is 12.3. The first-order chi connectivity index (χ1) is 10.5. The van der Waals surface area contributed by atoms with Crippen molar-refractivity contribution in [3.8, 4) is 0 Å². The number of halogens is 1. The molecule has 0 radical (unpaired) electrons. The second-order valence-corrected chi connectivity index (χ2v) is 6.71. The molecule has 1 amide bonds. The second-order valence-electron chi connectivity index (χ2n) is 4.86. The van der Waals surface area contributed by atoms with Gasteiger partial charge in [-0.25, -0.2) is 5.43 Å². The molecule has 0 aliphatic heterocycles. The van der Waals surface area contributed by atoms with Crippen molar-refractivity contribution in [1.82, 2.24) is 5.43 Å². The third-order valence-electron chi connectivity index (χ3n) is 2.93. The van der Waals surface area contributed by atoms with E-state index in [1.54, 1.807) is 6.21 Å². The van der Waals surface area contributed by atoms with Gasteiger partial charge in [0.15, 0.2) is 0 Å². The quantitative estimate of drug-likeness (QED) is 0.504. The largest absolute Gasteiger partial charge is 0.272 e. The van der Waals surface area contributed by atoms with Crippen molar-refractivity contribution < 1.29 is 4.79 Å². The van der Waals surface area contributed by atoms with Crippen molar-refractivity contribution in [2.45, 2.75) is 24.0 Å². The van der Waals surface area contributed by atoms with Crippen LogP contribution >= 0.6 is 23.4 Å². The molecular formula is C17H17ClN2OS. The van der Waals surface area contributed by atoms with Crippen LogP contribution in [0.1, 0.15) is 18.1 Å². The smallest absolute Gasteiger partial charge is 0.253 e. The van der Waals surface area contributed by atoms with Gasteiger partial charge < -0.3 is 0 Å². The number of benzene rings is 2. The maximum atomic E-state index is 12.0. The van der Waals surface area contributed by atoms with Crippen LogP contribution in [0.25, 0.3) is 0 Å². The number of nitrogens with one attached hydrogen (secondary N) is 1. The Hall–Kier alpha value is -1.78. The molecule has 0 saturated heterocycles. The fourth-order valence-electron chi connectivity index (χ4n) is 1.78. The number of aryl methyl sites for hydroxylation is 1. The number of nitrogens with zero attached hydrogens (tertiary/aromatic N) is 1. The van der Waals surface area contributed by atoms with E-state index in [9.17, 15) is 4.79 Å². The van der Waals surface area contributed by atoms with Gasteiger partial charge in [-0.05, 0) is 43.7 Å². The average molecular weight is 333 g/mol. The Labute approximate surface area is 139 Å². The Balaban J connectivity index is 1.87. The highest BCUT2D eigenvalue weighted by molar-refractivity contribution is 8.00. The molecule has 0 unspecified atom stereocenters. The van der Waals surface area contributed by atoms with E-state index in [2.05, 4.69) is 10.5 Å². The minimum absolute atomic E-state index is 0.135. The Morgan fingerprint density at radius 1 is 1.27 bits per heavy atom. The number of carbonyl (C=O) groups excluding carboxylic acids is 1. The van der Waals surface area contributed by atoms with Crippen molar-refractivity contribution in [1.29, 1.82) is 0 Å². The fourth-order valence-corrected chi connectivity index (χ4v) is 2.77. The molecule has 2 rings (SSSR count). The molecule has 0 saturated carbocycles. The number of hydrazone groups is 1. The van der Waals surface area contributed by atoms with Gasteiger partial charge in [-0.2, -0.15) is 5.10 Å². The third kappa shape index (κ3) is 5.20. The maximum Gasteiger partial charge on any atom is 0.253 e. The molecular weight excluding hydrogens is 316 g/mol. The SMILES string of the molecule is Cc1cccc(/C=N\NC(=O)[C@@H](C)Sc2ccc(Cl)cc2)c1. The summed E-state index contributed by atoms with van der Waals surface area (Å²) in [7, 11) is 0. The monoisotopic (exact) mass is 332 g/mol. The zero-order chi connectivity index (χ0) is 15.9. The first-order valence-electron chi connectivity index (χ1n) is 6.86. The van der Waals surface area contributed by atoms with Crippen LogP contribution in [0.3, 0.4) is 0 Å². The minimum atomic E-state index is -0.240. The van der Waals surface area contributed by atoms with E-state index in [-0.39, 0.29) is 11.2 Å². The van der Waals surface area contributed by atoms with E-state index in [0.29, 0.717) is 5.02 Å². The molecule has 1 N–H and O–H groups in total. The van der Waals surface area contributed by atoms with Gasteiger partial charge in [0.25, 0.3) is 5.91 Å². The molecule has 3 nitrogen and oxygen atoms in total. The van der Waals surface area contributed by atoms with Crippen LogP contribution in [0.5, 0.6) is 0 Å². The Bertz CT molecular complexity index is 671. The van der Waals surface area contributed by atoms with E-state index in [1.807, 2.05) is 62.4 Å². The van der Waals surface area contributed by atoms with Gasteiger partial charge in [-0.3, -0.25) is 4.79 Å².